The van der Waals surface area contributed by atoms with Crippen molar-refractivity contribution in [2.24, 2.45) is 5.41 Å². The van der Waals surface area contributed by atoms with Crippen LogP contribution in [0, 0.1) is 5.41 Å². The van der Waals surface area contributed by atoms with Crippen molar-refractivity contribution in [3.05, 3.63) is 12.2 Å². The van der Waals surface area contributed by atoms with Crippen LogP contribution in [0.3, 0.4) is 0 Å². The predicted molar refractivity (Wildman–Crippen MR) is 59.0 cm³/mol. The van der Waals surface area contributed by atoms with Gasteiger partial charge in [0.15, 0.2) is 0 Å². The lowest BCUT2D eigenvalue weighted by atomic mass is 9.86. The van der Waals surface area contributed by atoms with E-state index in [0.29, 0.717) is 0 Å². The molecule has 0 aromatic carbocycles. The Labute approximate surface area is 87.0 Å². The zero-order valence-electron chi connectivity index (χ0n) is 9.60. The van der Waals surface area contributed by atoms with E-state index in [-0.39, 0.29) is 11.3 Å². The average molecular weight is 195 g/mol. The predicted octanol–water partition coefficient (Wildman–Crippen LogP) is 2.60. The van der Waals surface area contributed by atoms with E-state index in [1.54, 1.807) is 0 Å². The summed E-state index contributed by atoms with van der Waals surface area (Å²) < 4.78 is 0. The molecule has 0 radical (unpaired) electrons. The van der Waals surface area contributed by atoms with E-state index >= 15 is 0 Å². The van der Waals surface area contributed by atoms with Crippen LogP contribution in [-0.2, 0) is 4.79 Å². The molecule has 2 heteroatoms. The quantitative estimate of drug-likeness (QED) is 0.589. The molecule has 1 fully saturated rings. The lowest BCUT2D eigenvalue weighted by molar-refractivity contribution is -0.128. The van der Waals surface area contributed by atoms with Gasteiger partial charge in [-0.1, -0.05) is 27.4 Å². The van der Waals surface area contributed by atoms with Gasteiger partial charge in [-0.2, -0.15) is 0 Å². The second kappa shape index (κ2) is 4.16. The fraction of sp³-hybridized carbons (Fsp3) is 0.750. The van der Waals surface area contributed by atoms with Gasteiger partial charge in [-0.3, -0.25) is 4.79 Å². The van der Waals surface area contributed by atoms with E-state index < -0.39 is 0 Å². The van der Waals surface area contributed by atoms with Gasteiger partial charge < -0.3 is 4.90 Å². The molecule has 1 amide bonds. The fourth-order valence-electron chi connectivity index (χ4n) is 1.61. The van der Waals surface area contributed by atoms with Crippen LogP contribution in [0.1, 0.15) is 40.0 Å². The second-order valence-electron chi connectivity index (χ2n) is 5.08. The minimum Gasteiger partial charge on any atom is -0.339 e. The summed E-state index contributed by atoms with van der Waals surface area (Å²) in [5.74, 6) is 0.150. The van der Waals surface area contributed by atoms with Gasteiger partial charge in [0.1, 0.15) is 0 Å². The van der Waals surface area contributed by atoms with Crippen LogP contribution in [0.4, 0.5) is 0 Å². The number of piperidine rings is 1. The molecule has 80 valence electrons. The van der Waals surface area contributed by atoms with Crippen molar-refractivity contribution in [1.82, 2.24) is 4.90 Å². The highest BCUT2D eigenvalue weighted by Crippen LogP contribution is 2.26. The third-order valence-corrected chi connectivity index (χ3v) is 2.81. The maximum Gasteiger partial charge on any atom is 0.249 e. The van der Waals surface area contributed by atoms with E-state index in [2.05, 4.69) is 6.58 Å². The standard InChI is InChI=1S/C12H21NO/c1-10(12(2,3)4)11(14)13-8-6-5-7-9-13/h1,5-9H2,2-4H3. The molecule has 0 bridgehead atoms. The molecule has 0 aromatic rings. The Morgan fingerprint density at radius 3 is 2.07 bits per heavy atom. The van der Waals surface area contributed by atoms with Gasteiger partial charge in [0.25, 0.3) is 0 Å². The van der Waals surface area contributed by atoms with E-state index in [9.17, 15) is 4.79 Å². The molecule has 1 heterocycles. The smallest absolute Gasteiger partial charge is 0.249 e. The maximum absolute atomic E-state index is 12.0. The number of likely N-dealkylation sites (tertiary alicyclic amines) is 1. The molecule has 0 aliphatic carbocycles. The largest absolute Gasteiger partial charge is 0.339 e. The summed E-state index contributed by atoms with van der Waals surface area (Å²) in [7, 11) is 0. The Morgan fingerprint density at radius 2 is 1.64 bits per heavy atom. The summed E-state index contributed by atoms with van der Waals surface area (Å²) >= 11 is 0. The zero-order chi connectivity index (χ0) is 10.8. The molecule has 1 saturated heterocycles. The minimum absolute atomic E-state index is 0.103. The molecule has 0 aromatic heterocycles. The van der Waals surface area contributed by atoms with Crippen LogP contribution < -0.4 is 0 Å². The lowest BCUT2D eigenvalue weighted by Gasteiger charge is -2.31. The number of amides is 1. The Hall–Kier alpha value is -0.790. The summed E-state index contributed by atoms with van der Waals surface area (Å²) in [6.07, 6.45) is 3.54. The highest BCUT2D eigenvalue weighted by Gasteiger charge is 2.26. The summed E-state index contributed by atoms with van der Waals surface area (Å²) in [5.41, 5.74) is 0.633. The summed E-state index contributed by atoms with van der Waals surface area (Å²) in [6, 6.07) is 0. The van der Waals surface area contributed by atoms with Crippen molar-refractivity contribution in [3.63, 3.8) is 0 Å². The van der Waals surface area contributed by atoms with Gasteiger partial charge in [0, 0.05) is 18.7 Å². The second-order valence-corrected chi connectivity index (χ2v) is 5.08. The highest BCUT2D eigenvalue weighted by atomic mass is 16.2. The first-order chi connectivity index (χ1) is 6.43. The molecule has 0 saturated carbocycles. The molecule has 14 heavy (non-hydrogen) atoms. The third-order valence-electron chi connectivity index (χ3n) is 2.81. The molecule has 1 aliphatic rings. The van der Waals surface area contributed by atoms with E-state index in [1.807, 2.05) is 25.7 Å². The Bertz CT molecular complexity index is 231. The monoisotopic (exact) mass is 195 g/mol. The van der Waals surface area contributed by atoms with Crippen molar-refractivity contribution < 1.29 is 4.79 Å². The molecule has 0 spiro atoms. The van der Waals surface area contributed by atoms with Crippen molar-refractivity contribution in [3.8, 4) is 0 Å². The molecule has 0 atom stereocenters. The van der Waals surface area contributed by atoms with Gasteiger partial charge >= 0.3 is 0 Å². The molecular weight excluding hydrogens is 174 g/mol. The van der Waals surface area contributed by atoms with Crippen LogP contribution in [0.25, 0.3) is 0 Å². The lowest BCUT2D eigenvalue weighted by Crippen LogP contribution is -2.38. The van der Waals surface area contributed by atoms with Gasteiger partial charge in [0.05, 0.1) is 0 Å². The molecule has 0 N–H and O–H groups in total. The van der Waals surface area contributed by atoms with Crippen molar-refractivity contribution in [2.75, 3.05) is 13.1 Å². The Morgan fingerprint density at radius 1 is 1.14 bits per heavy atom. The summed E-state index contributed by atoms with van der Waals surface area (Å²) in [5, 5.41) is 0. The molecule has 1 rings (SSSR count). The van der Waals surface area contributed by atoms with Crippen LogP contribution >= 0.6 is 0 Å². The van der Waals surface area contributed by atoms with Gasteiger partial charge in [0.2, 0.25) is 5.91 Å². The van der Waals surface area contributed by atoms with E-state index in [0.717, 1.165) is 31.5 Å². The van der Waals surface area contributed by atoms with E-state index in [4.69, 9.17) is 0 Å². The third kappa shape index (κ3) is 2.60. The fourth-order valence-corrected chi connectivity index (χ4v) is 1.61. The number of carbonyl (C=O) groups excluding carboxylic acids is 1. The normalized spacial score (nSPS) is 18.1. The number of rotatable bonds is 1. The SMILES string of the molecule is C=C(C(=O)N1CCCCC1)C(C)(C)C. The van der Waals surface area contributed by atoms with Gasteiger partial charge in [-0.25, -0.2) is 0 Å². The number of hydrogen-bond donors (Lipinski definition) is 0. The van der Waals surface area contributed by atoms with Crippen LogP contribution in [0.5, 0.6) is 0 Å². The molecule has 0 unspecified atom stereocenters. The zero-order valence-corrected chi connectivity index (χ0v) is 9.60. The number of nitrogens with zero attached hydrogens (tertiary/aromatic N) is 1. The van der Waals surface area contributed by atoms with Crippen molar-refractivity contribution in [2.45, 2.75) is 40.0 Å². The first kappa shape index (κ1) is 11.3. The Balaban J connectivity index is 2.60. The number of carbonyl (C=O) groups is 1. The first-order valence-electron chi connectivity index (χ1n) is 5.41. The van der Waals surface area contributed by atoms with Crippen LogP contribution in [0.15, 0.2) is 12.2 Å². The summed E-state index contributed by atoms with van der Waals surface area (Å²) in [6.45, 7) is 11.8. The highest BCUT2D eigenvalue weighted by molar-refractivity contribution is 5.94. The topological polar surface area (TPSA) is 20.3 Å². The maximum atomic E-state index is 12.0. The molecule has 2 nitrogen and oxygen atoms in total. The van der Waals surface area contributed by atoms with Gasteiger partial charge in [-0.15, -0.1) is 0 Å². The first-order valence-corrected chi connectivity index (χ1v) is 5.41. The van der Waals surface area contributed by atoms with Crippen molar-refractivity contribution >= 4 is 5.91 Å². The summed E-state index contributed by atoms with van der Waals surface area (Å²) in [4.78, 5) is 13.9. The van der Waals surface area contributed by atoms with Crippen LogP contribution in [-0.4, -0.2) is 23.9 Å². The number of hydrogen-bond acceptors (Lipinski definition) is 1. The average Bonchev–Trinajstić information content (AvgIpc) is 2.15. The van der Waals surface area contributed by atoms with E-state index in [1.165, 1.54) is 6.42 Å². The minimum atomic E-state index is -0.103. The van der Waals surface area contributed by atoms with Crippen molar-refractivity contribution in [1.29, 1.82) is 0 Å². The molecule has 1 aliphatic heterocycles. The Kier molecular flexibility index (Phi) is 3.35. The molecular formula is C12H21NO. The van der Waals surface area contributed by atoms with Crippen LogP contribution in [0.2, 0.25) is 0 Å². The van der Waals surface area contributed by atoms with Gasteiger partial charge in [-0.05, 0) is 24.7 Å².